The Balaban J connectivity index is 0.00000300. The van der Waals surface area contributed by atoms with Gasteiger partial charge in [-0.05, 0) is 37.1 Å². The number of halogens is 2. The Hall–Kier alpha value is -1.81. The number of hydrogen-bond donors (Lipinski definition) is 2. The Bertz CT molecular complexity index is 862. The van der Waals surface area contributed by atoms with E-state index in [0.717, 1.165) is 28.3 Å². The lowest BCUT2D eigenvalue weighted by atomic mass is 10.1. The summed E-state index contributed by atoms with van der Waals surface area (Å²) in [5.41, 5.74) is 2.00. The van der Waals surface area contributed by atoms with Crippen LogP contribution in [-0.4, -0.2) is 38.6 Å². The smallest absolute Gasteiger partial charge is 0.265 e. The van der Waals surface area contributed by atoms with Gasteiger partial charge in [-0.15, -0.1) is 24.0 Å². The van der Waals surface area contributed by atoms with Crippen LogP contribution in [0.2, 0.25) is 0 Å². The molecule has 1 aliphatic rings. The molecule has 0 radical (unpaired) electrons. The maximum absolute atomic E-state index is 12.2. The third-order valence-corrected chi connectivity index (χ3v) is 5.33. The second-order valence-corrected chi connectivity index (χ2v) is 7.40. The zero-order valence-electron chi connectivity index (χ0n) is 16.5. The maximum Gasteiger partial charge on any atom is 0.265 e. The van der Waals surface area contributed by atoms with E-state index in [9.17, 15) is 4.79 Å². The van der Waals surface area contributed by atoms with E-state index in [-0.39, 0.29) is 42.5 Å². The number of amides is 1. The summed E-state index contributed by atoms with van der Waals surface area (Å²) < 4.78 is 6.55. The minimum absolute atomic E-state index is 0. The fourth-order valence-electron chi connectivity index (χ4n) is 3.15. The average molecular weight is 573 g/mol. The van der Waals surface area contributed by atoms with Crippen LogP contribution in [0.15, 0.2) is 58.0 Å². The van der Waals surface area contributed by atoms with Crippen LogP contribution in [0.1, 0.15) is 24.9 Å². The Labute approximate surface area is 197 Å². The second-order valence-electron chi connectivity index (χ2n) is 6.54. The van der Waals surface area contributed by atoms with E-state index in [0.29, 0.717) is 13.1 Å². The van der Waals surface area contributed by atoms with Gasteiger partial charge in [0.1, 0.15) is 5.75 Å². The van der Waals surface area contributed by atoms with Crippen molar-refractivity contribution in [2.24, 2.45) is 4.99 Å². The van der Waals surface area contributed by atoms with Crippen molar-refractivity contribution in [1.82, 2.24) is 10.6 Å². The molecule has 3 rings (SSSR count). The van der Waals surface area contributed by atoms with Crippen molar-refractivity contribution < 1.29 is 9.53 Å². The van der Waals surface area contributed by atoms with E-state index >= 15 is 0 Å². The molecule has 29 heavy (non-hydrogen) atoms. The number of hydrogen-bond acceptors (Lipinski definition) is 3. The van der Waals surface area contributed by atoms with Crippen molar-refractivity contribution in [3.05, 3.63) is 58.6 Å². The van der Waals surface area contributed by atoms with Crippen LogP contribution in [0.3, 0.4) is 0 Å². The number of carbonyl (C=O) groups is 1. The number of anilines is 1. The van der Waals surface area contributed by atoms with Gasteiger partial charge in [0.15, 0.2) is 12.6 Å². The highest BCUT2D eigenvalue weighted by molar-refractivity contribution is 14.0. The van der Waals surface area contributed by atoms with Crippen LogP contribution in [0.25, 0.3) is 0 Å². The number of aliphatic imine (C=N–C) groups is 1. The molecule has 1 amide bonds. The van der Waals surface area contributed by atoms with E-state index < -0.39 is 0 Å². The van der Waals surface area contributed by atoms with Crippen LogP contribution < -0.4 is 20.3 Å². The first-order valence-corrected chi connectivity index (χ1v) is 10.1. The predicted molar refractivity (Wildman–Crippen MR) is 131 cm³/mol. The minimum Gasteiger partial charge on any atom is -0.482 e. The summed E-state index contributed by atoms with van der Waals surface area (Å²) in [7, 11) is 1.75. The van der Waals surface area contributed by atoms with Gasteiger partial charge in [0.25, 0.3) is 5.91 Å². The fraction of sp³-hybridized carbons (Fsp3) is 0.333. The summed E-state index contributed by atoms with van der Waals surface area (Å²) in [5, 5.41) is 6.72. The molecule has 8 heteroatoms. The number of nitrogens with one attached hydrogen (secondary N) is 2. The lowest BCUT2D eigenvalue weighted by molar-refractivity contribution is -0.121. The third kappa shape index (κ3) is 6.08. The van der Waals surface area contributed by atoms with E-state index in [4.69, 9.17) is 4.74 Å². The summed E-state index contributed by atoms with van der Waals surface area (Å²) in [4.78, 5) is 18.3. The van der Waals surface area contributed by atoms with Crippen molar-refractivity contribution in [3.8, 4) is 5.75 Å². The highest BCUT2D eigenvalue weighted by Crippen LogP contribution is 2.31. The van der Waals surface area contributed by atoms with Crippen LogP contribution in [0, 0.1) is 0 Å². The van der Waals surface area contributed by atoms with Gasteiger partial charge in [-0.25, -0.2) is 0 Å². The Morgan fingerprint density at radius 2 is 1.97 bits per heavy atom. The number of nitrogens with zero attached hydrogens (tertiary/aromatic N) is 2. The van der Waals surface area contributed by atoms with Gasteiger partial charge in [0.05, 0.1) is 11.7 Å². The van der Waals surface area contributed by atoms with Gasteiger partial charge < -0.3 is 20.3 Å². The van der Waals surface area contributed by atoms with Gasteiger partial charge in [-0.3, -0.25) is 9.79 Å². The molecule has 0 spiro atoms. The highest BCUT2D eigenvalue weighted by Gasteiger charge is 2.24. The topological polar surface area (TPSA) is 66.0 Å². The Morgan fingerprint density at radius 3 is 2.72 bits per heavy atom. The first kappa shape index (κ1) is 23.5. The molecule has 0 bridgehead atoms. The number of rotatable bonds is 6. The average Bonchev–Trinajstić information content (AvgIpc) is 2.71. The lowest BCUT2D eigenvalue weighted by Crippen LogP contribution is -2.42. The quantitative estimate of drug-likeness (QED) is 0.237. The van der Waals surface area contributed by atoms with Crippen molar-refractivity contribution in [2.75, 3.05) is 31.6 Å². The summed E-state index contributed by atoms with van der Waals surface area (Å²) >= 11 is 3.59. The lowest BCUT2D eigenvalue weighted by Gasteiger charge is -2.29. The van der Waals surface area contributed by atoms with Gasteiger partial charge in [-0.2, -0.15) is 0 Å². The molecule has 0 saturated carbocycles. The molecule has 156 valence electrons. The van der Waals surface area contributed by atoms with E-state index in [1.807, 2.05) is 42.5 Å². The summed E-state index contributed by atoms with van der Waals surface area (Å²) in [6.45, 7) is 3.52. The van der Waals surface area contributed by atoms with Crippen molar-refractivity contribution in [3.63, 3.8) is 0 Å². The Kier molecular flexibility index (Phi) is 9.22. The first-order chi connectivity index (χ1) is 13.6. The molecular weight excluding hydrogens is 547 g/mol. The number of benzene rings is 2. The molecular formula is C21H26BrIN4O2. The third-order valence-electron chi connectivity index (χ3n) is 4.61. The standard InChI is InChI=1S/C21H25BrN4O2.HI/c1-15(16-8-3-4-9-17(16)22)25-21(23-2)24-12-7-13-26-18-10-5-6-11-19(18)28-14-20(26)27;/h3-6,8-11,15H,7,12-14H2,1-2H3,(H2,23,24,25);1H. The molecule has 0 saturated heterocycles. The van der Waals surface area contributed by atoms with Gasteiger partial charge in [0, 0.05) is 24.6 Å². The number of fused-ring (bicyclic) bond motifs is 1. The van der Waals surface area contributed by atoms with E-state index in [1.165, 1.54) is 5.56 Å². The predicted octanol–water partition coefficient (Wildman–Crippen LogP) is 4.11. The largest absolute Gasteiger partial charge is 0.482 e. The molecule has 0 aromatic heterocycles. The van der Waals surface area contributed by atoms with Gasteiger partial charge >= 0.3 is 0 Å². The number of guanidine groups is 1. The zero-order chi connectivity index (χ0) is 19.9. The molecule has 2 aromatic carbocycles. The molecule has 1 unspecified atom stereocenters. The van der Waals surface area contributed by atoms with Gasteiger partial charge in [0.2, 0.25) is 0 Å². The molecule has 1 heterocycles. The van der Waals surface area contributed by atoms with E-state index in [1.54, 1.807) is 11.9 Å². The van der Waals surface area contributed by atoms with Gasteiger partial charge in [-0.1, -0.05) is 46.3 Å². The number of ether oxygens (including phenoxy) is 1. The van der Waals surface area contributed by atoms with Crippen LogP contribution in [0.5, 0.6) is 5.75 Å². The monoisotopic (exact) mass is 572 g/mol. The molecule has 0 aliphatic carbocycles. The molecule has 2 N–H and O–H groups in total. The maximum atomic E-state index is 12.2. The molecule has 0 fully saturated rings. The molecule has 1 atom stereocenters. The summed E-state index contributed by atoms with van der Waals surface area (Å²) in [5.74, 6) is 1.48. The zero-order valence-corrected chi connectivity index (χ0v) is 20.4. The molecule has 6 nitrogen and oxygen atoms in total. The number of para-hydroxylation sites is 2. The van der Waals surface area contributed by atoms with Crippen LogP contribution >= 0.6 is 39.9 Å². The second kappa shape index (κ2) is 11.4. The highest BCUT2D eigenvalue weighted by atomic mass is 127. The summed E-state index contributed by atoms with van der Waals surface area (Å²) in [6, 6.07) is 15.9. The van der Waals surface area contributed by atoms with Crippen LogP contribution in [0.4, 0.5) is 5.69 Å². The van der Waals surface area contributed by atoms with Crippen LogP contribution in [-0.2, 0) is 4.79 Å². The number of carbonyl (C=O) groups excluding carboxylic acids is 1. The van der Waals surface area contributed by atoms with Crippen molar-refractivity contribution >= 4 is 57.5 Å². The Morgan fingerprint density at radius 1 is 1.24 bits per heavy atom. The van der Waals surface area contributed by atoms with E-state index in [2.05, 4.69) is 44.5 Å². The first-order valence-electron chi connectivity index (χ1n) is 9.34. The minimum atomic E-state index is -0.0104. The normalized spacial score (nSPS) is 14.4. The summed E-state index contributed by atoms with van der Waals surface area (Å²) in [6.07, 6.45) is 0.796. The molecule has 2 aromatic rings. The van der Waals surface area contributed by atoms with Crippen molar-refractivity contribution in [2.45, 2.75) is 19.4 Å². The fourth-order valence-corrected chi connectivity index (χ4v) is 3.77. The molecule has 1 aliphatic heterocycles. The SMILES string of the molecule is CN=C(NCCCN1C(=O)COc2ccccc21)NC(C)c1ccccc1Br.I. The van der Waals surface area contributed by atoms with Crippen molar-refractivity contribution in [1.29, 1.82) is 0 Å².